The third kappa shape index (κ3) is 2.96. The van der Waals surface area contributed by atoms with E-state index >= 15 is 0 Å². The van der Waals surface area contributed by atoms with E-state index in [0.29, 0.717) is 22.6 Å². The number of Topliss-reactive ketones (excluding diaryl/α,β-unsaturated/α-hetero) is 1. The maximum absolute atomic E-state index is 12.5. The molecule has 19 heavy (non-hydrogen) atoms. The molecule has 0 saturated heterocycles. The van der Waals surface area contributed by atoms with Crippen LogP contribution in [0.1, 0.15) is 38.7 Å². The van der Waals surface area contributed by atoms with Gasteiger partial charge in [0.15, 0.2) is 5.78 Å². The molecule has 0 spiro atoms. The standard InChI is InChI=1S/C15H19Cl2NO/c1-10(2)18-9-14(19)15(6-3-7-15)11-4-5-12(16)13(17)8-11/h4-5,8,10,18H,3,6-7,9H2,1-2H3. The highest BCUT2D eigenvalue weighted by Gasteiger charge is 2.44. The van der Waals surface area contributed by atoms with Crippen LogP contribution in [0.25, 0.3) is 0 Å². The second-order valence-electron chi connectivity index (χ2n) is 5.52. The van der Waals surface area contributed by atoms with Crippen LogP contribution in [-0.4, -0.2) is 18.4 Å². The van der Waals surface area contributed by atoms with Crippen LogP contribution in [0.4, 0.5) is 0 Å². The summed E-state index contributed by atoms with van der Waals surface area (Å²) in [5.74, 6) is 0.255. The normalized spacial score (nSPS) is 17.3. The van der Waals surface area contributed by atoms with Gasteiger partial charge in [0.25, 0.3) is 0 Å². The van der Waals surface area contributed by atoms with Gasteiger partial charge in [-0.2, -0.15) is 0 Å². The molecule has 1 aromatic carbocycles. The maximum atomic E-state index is 12.5. The van der Waals surface area contributed by atoms with Gasteiger partial charge < -0.3 is 5.32 Å². The Labute approximate surface area is 124 Å². The van der Waals surface area contributed by atoms with Crippen molar-refractivity contribution in [3.63, 3.8) is 0 Å². The molecule has 1 aliphatic carbocycles. The largest absolute Gasteiger partial charge is 0.308 e. The number of nitrogens with one attached hydrogen (secondary N) is 1. The van der Waals surface area contributed by atoms with E-state index in [4.69, 9.17) is 23.2 Å². The molecule has 0 amide bonds. The molecule has 2 rings (SSSR count). The molecular weight excluding hydrogens is 281 g/mol. The fraction of sp³-hybridized carbons (Fsp3) is 0.533. The number of rotatable bonds is 5. The highest BCUT2D eigenvalue weighted by molar-refractivity contribution is 6.42. The molecule has 0 aromatic heterocycles. The molecule has 0 heterocycles. The minimum atomic E-state index is -0.351. The molecule has 1 fully saturated rings. The van der Waals surface area contributed by atoms with Crippen molar-refractivity contribution in [3.8, 4) is 0 Å². The minimum Gasteiger partial charge on any atom is -0.308 e. The van der Waals surface area contributed by atoms with Gasteiger partial charge in [0.05, 0.1) is 22.0 Å². The van der Waals surface area contributed by atoms with Crippen molar-refractivity contribution in [2.45, 2.75) is 44.6 Å². The van der Waals surface area contributed by atoms with Gasteiger partial charge >= 0.3 is 0 Å². The van der Waals surface area contributed by atoms with Gasteiger partial charge in [-0.3, -0.25) is 4.79 Å². The zero-order valence-corrected chi connectivity index (χ0v) is 12.8. The monoisotopic (exact) mass is 299 g/mol. The second-order valence-corrected chi connectivity index (χ2v) is 6.34. The number of hydrogen-bond acceptors (Lipinski definition) is 2. The summed E-state index contributed by atoms with van der Waals surface area (Å²) in [6.45, 7) is 4.50. The van der Waals surface area contributed by atoms with Gasteiger partial charge in [-0.1, -0.05) is 49.5 Å². The lowest BCUT2D eigenvalue weighted by molar-refractivity contribution is -0.126. The molecule has 0 aliphatic heterocycles. The highest BCUT2D eigenvalue weighted by atomic mass is 35.5. The molecule has 0 atom stereocenters. The summed E-state index contributed by atoms with van der Waals surface area (Å²) in [4.78, 5) is 12.5. The van der Waals surface area contributed by atoms with E-state index in [9.17, 15) is 4.79 Å². The lowest BCUT2D eigenvalue weighted by atomic mass is 9.62. The van der Waals surface area contributed by atoms with Crippen LogP contribution >= 0.6 is 23.2 Å². The smallest absolute Gasteiger partial charge is 0.157 e. The fourth-order valence-electron chi connectivity index (χ4n) is 2.52. The number of benzene rings is 1. The van der Waals surface area contributed by atoms with Crippen molar-refractivity contribution in [1.82, 2.24) is 5.32 Å². The third-order valence-corrected chi connectivity index (χ3v) is 4.62. The predicted octanol–water partition coefficient (Wildman–Crippen LogP) is 3.98. The van der Waals surface area contributed by atoms with Crippen LogP contribution in [0.2, 0.25) is 10.0 Å². The second kappa shape index (κ2) is 5.82. The van der Waals surface area contributed by atoms with Crippen molar-refractivity contribution in [2.24, 2.45) is 0 Å². The average Bonchev–Trinajstić information content (AvgIpc) is 2.29. The first-order valence-corrected chi connectivity index (χ1v) is 7.43. The molecule has 1 aliphatic rings. The first-order valence-electron chi connectivity index (χ1n) is 6.68. The fourth-order valence-corrected chi connectivity index (χ4v) is 2.82. The average molecular weight is 300 g/mol. The Morgan fingerprint density at radius 1 is 1.32 bits per heavy atom. The molecule has 4 heteroatoms. The lowest BCUT2D eigenvalue weighted by Crippen LogP contribution is -2.47. The van der Waals surface area contributed by atoms with E-state index in [0.717, 1.165) is 24.8 Å². The summed E-state index contributed by atoms with van der Waals surface area (Å²) in [6, 6.07) is 5.87. The van der Waals surface area contributed by atoms with E-state index in [1.165, 1.54) is 0 Å². The molecule has 0 radical (unpaired) electrons. The lowest BCUT2D eigenvalue weighted by Gasteiger charge is -2.41. The van der Waals surface area contributed by atoms with Crippen LogP contribution in [0.3, 0.4) is 0 Å². The highest BCUT2D eigenvalue weighted by Crippen LogP contribution is 2.45. The number of halogens is 2. The Kier molecular flexibility index (Phi) is 4.54. The molecule has 1 N–H and O–H groups in total. The Balaban J connectivity index is 2.22. The van der Waals surface area contributed by atoms with Crippen LogP contribution in [0, 0.1) is 0 Å². The Morgan fingerprint density at radius 2 is 2.00 bits per heavy atom. The molecular formula is C15H19Cl2NO. The number of ketones is 1. The summed E-state index contributed by atoms with van der Waals surface area (Å²) in [7, 11) is 0. The number of carbonyl (C=O) groups excluding carboxylic acids is 1. The van der Waals surface area contributed by atoms with Crippen LogP contribution in [0.5, 0.6) is 0 Å². The molecule has 2 nitrogen and oxygen atoms in total. The van der Waals surface area contributed by atoms with E-state index in [2.05, 4.69) is 5.32 Å². The van der Waals surface area contributed by atoms with Crippen molar-refractivity contribution < 1.29 is 4.79 Å². The zero-order valence-electron chi connectivity index (χ0n) is 11.3. The van der Waals surface area contributed by atoms with E-state index < -0.39 is 0 Å². The molecule has 104 valence electrons. The van der Waals surface area contributed by atoms with Gasteiger partial charge in [0, 0.05) is 6.04 Å². The minimum absolute atomic E-state index is 0.255. The van der Waals surface area contributed by atoms with Crippen LogP contribution in [-0.2, 0) is 10.2 Å². The molecule has 0 unspecified atom stereocenters. The maximum Gasteiger partial charge on any atom is 0.157 e. The van der Waals surface area contributed by atoms with Crippen molar-refractivity contribution in [3.05, 3.63) is 33.8 Å². The molecule has 1 saturated carbocycles. The van der Waals surface area contributed by atoms with Gasteiger partial charge in [0.1, 0.15) is 0 Å². The quantitative estimate of drug-likeness (QED) is 0.891. The molecule has 1 aromatic rings. The van der Waals surface area contributed by atoms with Crippen molar-refractivity contribution >= 4 is 29.0 Å². The van der Waals surface area contributed by atoms with Crippen molar-refractivity contribution in [2.75, 3.05) is 6.54 Å². The van der Waals surface area contributed by atoms with Gasteiger partial charge in [-0.05, 0) is 30.5 Å². The Hall–Kier alpha value is -0.570. The topological polar surface area (TPSA) is 29.1 Å². The Morgan fingerprint density at radius 3 is 2.47 bits per heavy atom. The summed E-state index contributed by atoms with van der Waals surface area (Å²) in [6.07, 6.45) is 2.90. The predicted molar refractivity (Wildman–Crippen MR) is 80.1 cm³/mol. The van der Waals surface area contributed by atoms with E-state index in [-0.39, 0.29) is 11.2 Å². The Bertz CT molecular complexity index is 481. The van der Waals surface area contributed by atoms with E-state index in [1.807, 2.05) is 26.0 Å². The first-order chi connectivity index (χ1) is 8.95. The van der Waals surface area contributed by atoms with Gasteiger partial charge in [0.2, 0.25) is 0 Å². The third-order valence-electron chi connectivity index (χ3n) is 3.88. The summed E-state index contributed by atoms with van der Waals surface area (Å²) in [5, 5.41) is 4.26. The van der Waals surface area contributed by atoms with Crippen LogP contribution in [0.15, 0.2) is 18.2 Å². The van der Waals surface area contributed by atoms with Gasteiger partial charge in [-0.25, -0.2) is 0 Å². The molecule has 0 bridgehead atoms. The first kappa shape index (κ1) is 14.8. The SMILES string of the molecule is CC(C)NCC(=O)C1(c2ccc(Cl)c(Cl)c2)CCC1. The van der Waals surface area contributed by atoms with Gasteiger partial charge in [-0.15, -0.1) is 0 Å². The van der Waals surface area contributed by atoms with Crippen molar-refractivity contribution in [1.29, 1.82) is 0 Å². The number of carbonyl (C=O) groups is 1. The van der Waals surface area contributed by atoms with Crippen LogP contribution < -0.4 is 5.32 Å². The zero-order chi connectivity index (χ0) is 14.0. The summed E-state index contributed by atoms with van der Waals surface area (Å²) >= 11 is 12.0. The summed E-state index contributed by atoms with van der Waals surface area (Å²) in [5.41, 5.74) is 0.652. The summed E-state index contributed by atoms with van der Waals surface area (Å²) < 4.78 is 0. The number of hydrogen-bond donors (Lipinski definition) is 1. The van der Waals surface area contributed by atoms with E-state index in [1.54, 1.807) is 6.07 Å².